The monoisotopic (exact) mass is 986 g/mol. The molecule has 1 aliphatic rings. The Balaban J connectivity index is 0.00000490. The maximum absolute atomic E-state index is 6.90. The fourth-order valence-electron chi connectivity index (χ4n) is 8.70. The number of rotatable bonds is 7. The third kappa shape index (κ3) is 7.39. The van der Waals surface area contributed by atoms with E-state index in [0.717, 1.165) is 55.9 Å². The minimum absolute atomic E-state index is 0. The first kappa shape index (κ1) is 41.0. The summed E-state index contributed by atoms with van der Waals surface area (Å²) in [4.78, 5) is 9.43. The SMILES string of the molecule is Cc1cc2c(cc1C)N(c1cccc(-c3ccccc3)c1)[CH-]N2c1[c-]c(Oc2[c-]c3c(cc2)c2ccccc2n3-c2cc(C(C)(C)C)ccn2)cc(-c2c(C)cccc2C)c1.[Pt]. The third-order valence-electron chi connectivity index (χ3n) is 12.0. The molecular formula is C56H47N4OPt-3. The van der Waals surface area contributed by atoms with Crippen molar-refractivity contribution < 1.29 is 25.8 Å². The van der Waals surface area contributed by atoms with E-state index in [1.165, 1.54) is 44.5 Å². The van der Waals surface area contributed by atoms with Gasteiger partial charge < -0.3 is 19.1 Å². The number of anilines is 4. The Kier molecular flexibility index (Phi) is 10.7. The Morgan fingerprint density at radius 1 is 0.565 bits per heavy atom. The first-order valence-electron chi connectivity index (χ1n) is 20.9. The van der Waals surface area contributed by atoms with Crippen LogP contribution in [-0.2, 0) is 26.5 Å². The number of nitrogens with zero attached hydrogens (tertiary/aromatic N) is 4. The van der Waals surface area contributed by atoms with Crippen LogP contribution in [0.1, 0.15) is 48.6 Å². The second-order valence-electron chi connectivity index (χ2n) is 17.3. The van der Waals surface area contributed by atoms with Crippen LogP contribution in [0, 0.1) is 46.5 Å². The summed E-state index contributed by atoms with van der Waals surface area (Å²) in [6.07, 6.45) is 1.91. The zero-order chi connectivity index (χ0) is 42.0. The molecule has 62 heavy (non-hydrogen) atoms. The van der Waals surface area contributed by atoms with E-state index in [0.29, 0.717) is 11.5 Å². The maximum atomic E-state index is 6.90. The van der Waals surface area contributed by atoms with Crippen LogP contribution in [0.2, 0.25) is 0 Å². The van der Waals surface area contributed by atoms with Gasteiger partial charge in [-0.2, -0.15) is 6.07 Å². The van der Waals surface area contributed by atoms with Crippen molar-refractivity contribution in [2.24, 2.45) is 0 Å². The molecule has 5 nitrogen and oxygen atoms in total. The van der Waals surface area contributed by atoms with E-state index in [-0.39, 0.29) is 26.5 Å². The van der Waals surface area contributed by atoms with Crippen molar-refractivity contribution in [1.82, 2.24) is 9.55 Å². The summed E-state index contributed by atoms with van der Waals surface area (Å²) < 4.78 is 9.11. The van der Waals surface area contributed by atoms with E-state index in [2.05, 4.69) is 221 Å². The van der Waals surface area contributed by atoms with Gasteiger partial charge in [0.1, 0.15) is 5.82 Å². The van der Waals surface area contributed by atoms with E-state index in [9.17, 15) is 0 Å². The van der Waals surface area contributed by atoms with Gasteiger partial charge in [-0.1, -0.05) is 105 Å². The molecule has 0 saturated heterocycles. The van der Waals surface area contributed by atoms with Crippen molar-refractivity contribution in [3.8, 4) is 39.6 Å². The van der Waals surface area contributed by atoms with Crippen molar-refractivity contribution in [3.63, 3.8) is 0 Å². The van der Waals surface area contributed by atoms with Crippen molar-refractivity contribution in [2.75, 3.05) is 9.80 Å². The van der Waals surface area contributed by atoms with Crippen LogP contribution in [0.15, 0.2) is 152 Å². The number of aromatic nitrogens is 2. The summed E-state index contributed by atoms with van der Waals surface area (Å²) in [5.41, 5.74) is 16.7. The van der Waals surface area contributed by atoms with Gasteiger partial charge in [0.05, 0.1) is 0 Å². The molecule has 0 fully saturated rings. The second-order valence-corrected chi connectivity index (χ2v) is 17.3. The molecule has 1 aliphatic heterocycles. The van der Waals surface area contributed by atoms with Gasteiger partial charge >= 0.3 is 0 Å². The van der Waals surface area contributed by atoms with Crippen LogP contribution in [0.4, 0.5) is 22.7 Å². The summed E-state index contributed by atoms with van der Waals surface area (Å²) in [6, 6.07) is 59.0. The molecule has 0 radical (unpaired) electrons. The van der Waals surface area contributed by atoms with Gasteiger partial charge in [0, 0.05) is 61.3 Å². The van der Waals surface area contributed by atoms with Crippen LogP contribution >= 0.6 is 0 Å². The van der Waals surface area contributed by atoms with E-state index in [1.807, 2.05) is 12.3 Å². The molecule has 0 spiro atoms. The van der Waals surface area contributed by atoms with Crippen LogP contribution in [0.3, 0.4) is 0 Å². The van der Waals surface area contributed by atoms with Crippen molar-refractivity contribution >= 4 is 44.6 Å². The third-order valence-corrected chi connectivity index (χ3v) is 12.0. The van der Waals surface area contributed by atoms with Crippen molar-refractivity contribution in [2.45, 2.75) is 53.9 Å². The van der Waals surface area contributed by atoms with Crippen LogP contribution in [-0.4, -0.2) is 9.55 Å². The standard InChI is InChI=1S/C56H47N4O.Pt/c1-36-15-13-16-37(2)55(36)42-30-45(59-35-58(52-27-38(3)39(4)28-53(52)59)44-20-14-19-41(29-44)40-17-9-8-10-18-40)33-47(31-42)61-46-23-24-49-48-21-11-12-22-50(48)60(51(49)34-46)54-32-43(25-26-57-54)56(5,6)7;/h8-32,35H,1-7H3;/q-3;. The number of para-hydroxylation sites is 1. The predicted octanol–water partition coefficient (Wildman–Crippen LogP) is 14.8. The average Bonchev–Trinajstić information content (AvgIpc) is 3.79. The summed E-state index contributed by atoms with van der Waals surface area (Å²) in [5.74, 6) is 2.05. The van der Waals surface area contributed by atoms with Gasteiger partial charge in [0.15, 0.2) is 0 Å². The summed E-state index contributed by atoms with van der Waals surface area (Å²) in [5, 5.41) is 2.23. The summed E-state index contributed by atoms with van der Waals surface area (Å²) in [7, 11) is 0. The normalized spacial score (nSPS) is 12.5. The molecule has 0 amide bonds. The molecular weight excluding hydrogens is 940 g/mol. The molecule has 6 heteroatoms. The van der Waals surface area contributed by atoms with E-state index in [1.54, 1.807) is 0 Å². The Morgan fingerprint density at radius 3 is 2.02 bits per heavy atom. The molecule has 9 aromatic rings. The molecule has 10 rings (SSSR count). The number of aryl methyl sites for hydroxylation is 4. The minimum Gasteiger partial charge on any atom is -0.509 e. The van der Waals surface area contributed by atoms with Gasteiger partial charge in [0.2, 0.25) is 0 Å². The molecule has 2 aromatic heterocycles. The van der Waals surface area contributed by atoms with Crippen molar-refractivity contribution in [1.29, 1.82) is 0 Å². The largest absolute Gasteiger partial charge is 0.509 e. The van der Waals surface area contributed by atoms with E-state index >= 15 is 0 Å². The van der Waals surface area contributed by atoms with Gasteiger partial charge in [-0.05, 0) is 125 Å². The molecule has 310 valence electrons. The van der Waals surface area contributed by atoms with Crippen LogP contribution < -0.4 is 14.5 Å². The Bertz CT molecular complexity index is 3120. The van der Waals surface area contributed by atoms with Gasteiger partial charge in [-0.25, -0.2) is 4.98 Å². The van der Waals surface area contributed by atoms with Crippen LogP contribution in [0.5, 0.6) is 11.5 Å². The number of hydrogen-bond acceptors (Lipinski definition) is 4. The molecule has 3 heterocycles. The molecule has 0 N–H and O–H groups in total. The number of ether oxygens (including phenoxy) is 1. The van der Waals surface area contributed by atoms with Crippen molar-refractivity contribution in [3.05, 3.63) is 198 Å². The van der Waals surface area contributed by atoms with E-state index < -0.39 is 0 Å². The second kappa shape index (κ2) is 16.1. The number of pyridine rings is 1. The first-order valence-corrected chi connectivity index (χ1v) is 20.9. The zero-order valence-corrected chi connectivity index (χ0v) is 38.3. The average molecular weight is 987 g/mol. The molecule has 0 aliphatic carbocycles. The van der Waals surface area contributed by atoms with Gasteiger partial charge in [0.25, 0.3) is 0 Å². The molecule has 0 bridgehead atoms. The smallest absolute Gasteiger partial charge is 0.135 e. The summed E-state index contributed by atoms with van der Waals surface area (Å²) >= 11 is 0. The fraction of sp³-hybridized carbons (Fsp3) is 0.143. The van der Waals surface area contributed by atoms with Gasteiger partial charge in [-0.3, -0.25) is 0 Å². The number of hydrogen-bond donors (Lipinski definition) is 0. The molecule has 0 unspecified atom stereocenters. The maximum Gasteiger partial charge on any atom is 0.135 e. The van der Waals surface area contributed by atoms with Crippen LogP contribution in [0.25, 0.3) is 49.9 Å². The quantitative estimate of drug-likeness (QED) is 0.149. The number of benzene rings is 7. The topological polar surface area (TPSA) is 33.5 Å². The van der Waals surface area contributed by atoms with E-state index in [4.69, 9.17) is 9.72 Å². The Morgan fingerprint density at radius 2 is 1.26 bits per heavy atom. The molecule has 0 saturated carbocycles. The predicted molar refractivity (Wildman–Crippen MR) is 253 cm³/mol. The Labute approximate surface area is 379 Å². The zero-order valence-electron chi connectivity index (χ0n) is 36.0. The van der Waals surface area contributed by atoms with Gasteiger partial charge in [-0.15, -0.1) is 53.6 Å². The first-order chi connectivity index (χ1) is 29.5. The fourth-order valence-corrected chi connectivity index (χ4v) is 8.70. The molecule has 7 aromatic carbocycles. The Hall–Kier alpha value is -6.42. The minimum atomic E-state index is -0.0313. The molecule has 0 atom stereocenters. The number of fused-ring (bicyclic) bond motifs is 4. The summed E-state index contributed by atoms with van der Waals surface area (Å²) in [6.45, 7) is 17.6.